The quantitative estimate of drug-likeness (QED) is 0.708. The van der Waals surface area contributed by atoms with Crippen LogP contribution < -0.4 is 0 Å². The van der Waals surface area contributed by atoms with Crippen molar-refractivity contribution in [2.45, 2.75) is 39.5 Å². The summed E-state index contributed by atoms with van der Waals surface area (Å²) >= 11 is 6.24. The number of hydrogen-bond acceptors (Lipinski definition) is 1. The molecule has 0 unspecified atom stereocenters. The molecule has 0 aliphatic carbocycles. The lowest BCUT2D eigenvalue weighted by Gasteiger charge is -2.08. The van der Waals surface area contributed by atoms with Crippen LogP contribution in [0.4, 0.5) is 0 Å². The summed E-state index contributed by atoms with van der Waals surface area (Å²) < 4.78 is 0. The zero-order valence-electron chi connectivity index (χ0n) is 10.5. The first-order valence-electron chi connectivity index (χ1n) is 6.33. The number of fused-ring (bicyclic) bond motifs is 1. The standard InChI is InChI=1S/C15H18ClN/c1-3-6-11-8-5-9-12-10-13(7-4-2)15(16)17-14(11)12/h5,8-10H,3-4,6-7H2,1-2H3. The zero-order chi connectivity index (χ0) is 12.3. The number of benzene rings is 1. The van der Waals surface area contributed by atoms with E-state index < -0.39 is 0 Å². The van der Waals surface area contributed by atoms with Gasteiger partial charge in [-0.05, 0) is 30.0 Å². The van der Waals surface area contributed by atoms with Gasteiger partial charge in [-0.25, -0.2) is 4.98 Å². The highest BCUT2D eigenvalue weighted by molar-refractivity contribution is 6.30. The van der Waals surface area contributed by atoms with Crippen LogP contribution in [0.15, 0.2) is 24.3 Å². The summed E-state index contributed by atoms with van der Waals surface area (Å²) in [5.41, 5.74) is 3.53. The van der Waals surface area contributed by atoms with Crippen molar-refractivity contribution in [3.63, 3.8) is 0 Å². The van der Waals surface area contributed by atoms with Crippen LogP contribution in [0.5, 0.6) is 0 Å². The normalized spacial score (nSPS) is 11.0. The van der Waals surface area contributed by atoms with Gasteiger partial charge in [0.2, 0.25) is 0 Å². The molecule has 0 aliphatic rings. The molecule has 1 heterocycles. The molecule has 0 N–H and O–H groups in total. The van der Waals surface area contributed by atoms with Crippen molar-refractivity contribution in [2.24, 2.45) is 0 Å². The summed E-state index contributed by atoms with van der Waals surface area (Å²) in [6, 6.07) is 8.57. The summed E-state index contributed by atoms with van der Waals surface area (Å²) in [6.45, 7) is 4.35. The zero-order valence-corrected chi connectivity index (χ0v) is 11.2. The molecule has 0 saturated carbocycles. The molecule has 2 aromatic rings. The first-order chi connectivity index (χ1) is 8.26. The van der Waals surface area contributed by atoms with Gasteiger partial charge in [0.25, 0.3) is 0 Å². The minimum atomic E-state index is 0.669. The third-order valence-corrected chi connectivity index (χ3v) is 3.32. The number of pyridine rings is 1. The maximum atomic E-state index is 6.24. The molecular weight excluding hydrogens is 230 g/mol. The second-order valence-electron chi connectivity index (χ2n) is 4.43. The summed E-state index contributed by atoms with van der Waals surface area (Å²) in [4.78, 5) is 4.58. The molecule has 1 aromatic heterocycles. The van der Waals surface area contributed by atoms with Crippen molar-refractivity contribution >= 4 is 22.5 Å². The largest absolute Gasteiger partial charge is 0.236 e. The van der Waals surface area contributed by atoms with E-state index in [0.717, 1.165) is 36.8 Å². The van der Waals surface area contributed by atoms with Gasteiger partial charge in [0.15, 0.2) is 0 Å². The predicted molar refractivity (Wildman–Crippen MR) is 74.7 cm³/mol. The van der Waals surface area contributed by atoms with Crippen molar-refractivity contribution in [1.29, 1.82) is 0 Å². The minimum absolute atomic E-state index is 0.669. The molecule has 0 fully saturated rings. The smallest absolute Gasteiger partial charge is 0.132 e. The van der Waals surface area contributed by atoms with Gasteiger partial charge in [0.05, 0.1) is 5.52 Å². The summed E-state index contributed by atoms with van der Waals surface area (Å²) in [5, 5.41) is 1.88. The number of aromatic nitrogens is 1. The molecular formula is C15H18ClN. The van der Waals surface area contributed by atoms with Crippen LogP contribution in [0.2, 0.25) is 5.15 Å². The van der Waals surface area contributed by atoms with Gasteiger partial charge >= 0.3 is 0 Å². The first kappa shape index (κ1) is 12.4. The van der Waals surface area contributed by atoms with Gasteiger partial charge in [0.1, 0.15) is 5.15 Å². The second kappa shape index (κ2) is 5.50. The predicted octanol–water partition coefficient (Wildman–Crippen LogP) is 4.79. The fourth-order valence-electron chi connectivity index (χ4n) is 2.20. The number of aryl methyl sites for hydroxylation is 2. The van der Waals surface area contributed by atoms with E-state index in [9.17, 15) is 0 Å². The highest BCUT2D eigenvalue weighted by Gasteiger charge is 2.07. The van der Waals surface area contributed by atoms with Crippen molar-refractivity contribution in [3.05, 3.63) is 40.5 Å². The van der Waals surface area contributed by atoms with Crippen LogP contribution in [0.25, 0.3) is 10.9 Å². The van der Waals surface area contributed by atoms with E-state index in [1.54, 1.807) is 0 Å². The molecule has 1 aromatic carbocycles. The molecule has 1 nitrogen and oxygen atoms in total. The SMILES string of the molecule is CCCc1cc2cccc(CCC)c2nc1Cl. The molecule has 2 rings (SSSR count). The monoisotopic (exact) mass is 247 g/mol. The van der Waals surface area contributed by atoms with E-state index in [2.05, 4.69) is 43.1 Å². The highest BCUT2D eigenvalue weighted by atomic mass is 35.5. The minimum Gasteiger partial charge on any atom is -0.236 e. The summed E-state index contributed by atoms with van der Waals surface area (Å²) in [6.07, 6.45) is 4.30. The van der Waals surface area contributed by atoms with Crippen molar-refractivity contribution in [3.8, 4) is 0 Å². The van der Waals surface area contributed by atoms with Gasteiger partial charge in [-0.3, -0.25) is 0 Å². The lowest BCUT2D eigenvalue weighted by molar-refractivity contribution is 0.912. The Morgan fingerprint density at radius 2 is 1.76 bits per heavy atom. The average molecular weight is 248 g/mol. The van der Waals surface area contributed by atoms with Crippen LogP contribution in [0.3, 0.4) is 0 Å². The molecule has 0 radical (unpaired) electrons. The Labute approximate surface area is 108 Å². The number of nitrogens with zero attached hydrogens (tertiary/aromatic N) is 1. The van der Waals surface area contributed by atoms with Crippen LogP contribution in [-0.2, 0) is 12.8 Å². The van der Waals surface area contributed by atoms with Gasteiger partial charge in [-0.2, -0.15) is 0 Å². The lowest BCUT2D eigenvalue weighted by atomic mass is 10.0. The van der Waals surface area contributed by atoms with Gasteiger partial charge in [0, 0.05) is 5.39 Å². The van der Waals surface area contributed by atoms with E-state index in [1.807, 2.05) is 0 Å². The van der Waals surface area contributed by atoms with Crippen LogP contribution in [0, 0.1) is 0 Å². The van der Waals surface area contributed by atoms with E-state index in [-0.39, 0.29) is 0 Å². The van der Waals surface area contributed by atoms with E-state index >= 15 is 0 Å². The van der Waals surface area contributed by atoms with E-state index in [1.165, 1.54) is 10.9 Å². The molecule has 90 valence electrons. The topological polar surface area (TPSA) is 12.9 Å². The lowest BCUT2D eigenvalue weighted by Crippen LogP contribution is -1.94. The Balaban J connectivity index is 2.56. The fraction of sp³-hybridized carbons (Fsp3) is 0.400. The van der Waals surface area contributed by atoms with Crippen molar-refractivity contribution in [2.75, 3.05) is 0 Å². The maximum absolute atomic E-state index is 6.24. The average Bonchev–Trinajstić information content (AvgIpc) is 2.32. The van der Waals surface area contributed by atoms with Crippen LogP contribution in [0.1, 0.15) is 37.8 Å². The maximum Gasteiger partial charge on any atom is 0.132 e. The number of para-hydroxylation sites is 1. The number of hydrogen-bond donors (Lipinski definition) is 0. The molecule has 0 spiro atoms. The Kier molecular flexibility index (Phi) is 4.01. The molecule has 0 aliphatic heterocycles. The summed E-state index contributed by atoms with van der Waals surface area (Å²) in [5.74, 6) is 0. The van der Waals surface area contributed by atoms with Crippen LogP contribution >= 0.6 is 11.6 Å². The molecule has 17 heavy (non-hydrogen) atoms. The third kappa shape index (κ3) is 2.61. The van der Waals surface area contributed by atoms with E-state index in [4.69, 9.17) is 11.6 Å². The van der Waals surface area contributed by atoms with Crippen molar-refractivity contribution in [1.82, 2.24) is 4.98 Å². The van der Waals surface area contributed by atoms with Crippen molar-refractivity contribution < 1.29 is 0 Å². The molecule has 2 heteroatoms. The molecule has 0 bridgehead atoms. The third-order valence-electron chi connectivity index (χ3n) is 2.99. The number of halogens is 1. The van der Waals surface area contributed by atoms with Crippen LogP contribution in [-0.4, -0.2) is 4.98 Å². The summed E-state index contributed by atoms with van der Waals surface area (Å²) in [7, 11) is 0. The first-order valence-corrected chi connectivity index (χ1v) is 6.71. The Hall–Kier alpha value is -1.08. The Morgan fingerprint density at radius 1 is 1.06 bits per heavy atom. The second-order valence-corrected chi connectivity index (χ2v) is 4.79. The Morgan fingerprint density at radius 3 is 2.47 bits per heavy atom. The molecule has 0 amide bonds. The van der Waals surface area contributed by atoms with Gasteiger partial charge in [-0.15, -0.1) is 0 Å². The van der Waals surface area contributed by atoms with Gasteiger partial charge in [-0.1, -0.05) is 56.5 Å². The fourth-order valence-corrected chi connectivity index (χ4v) is 2.43. The number of rotatable bonds is 4. The highest BCUT2D eigenvalue weighted by Crippen LogP contribution is 2.24. The molecule has 0 atom stereocenters. The van der Waals surface area contributed by atoms with Gasteiger partial charge < -0.3 is 0 Å². The Bertz CT molecular complexity index is 520. The van der Waals surface area contributed by atoms with E-state index in [0.29, 0.717) is 5.15 Å². The molecule has 0 saturated heterocycles.